The van der Waals surface area contributed by atoms with Gasteiger partial charge in [-0.05, 0) is 41.8 Å². The molecule has 0 aliphatic rings. The second kappa shape index (κ2) is 9.34. The largest absolute Gasteiger partial charge is 0.493 e. The minimum absolute atomic E-state index is 0.142. The van der Waals surface area contributed by atoms with E-state index in [9.17, 15) is 4.79 Å². The summed E-state index contributed by atoms with van der Waals surface area (Å²) in [5.41, 5.74) is 11.0. The average molecular weight is 392 g/mol. The number of nitrogens with one attached hydrogen (secondary N) is 1. The quantitative estimate of drug-likeness (QED) is 0.192. The molecule has 0 aliphatic carbocycles. The van der Waals surface area contributed by atoms with E-state index in [1.54, 1.807) is 19.2 Å². The molecule has 0 fully saturated rings. The number of esters is 1. The number of benzene rings is 2. The van der Waals surface area contributed by atoms with Crippen LogP contribution < -0.4 is 9.47 Å². The lowest BCUT2D eigenvalue weighted by Crippen LogP contribution is -2.05. The molecule has 0 unspecified atom stereocenters. The van der Waals surface area contributed by atoms with Gasteiger partial charge in [0.25, 0.3) is 0 Å². The maximum atomic E-state index is 12.1. The summed E-state index contributed by atoms with van der Waals surface area (Å²) in [5, 5.41) is 4.25. The molecule has 29 heavy (non-hydrogen) atoms. The maximum absolute atomic E-state index is 12.1. The van der Waals surface area contributed by atoms with E-state index in [0.717, 1.165) is 10.9 Å². The summed E-state index contributed by atoms with van der Waals surface area (Å²) >= 11 is 0. The number of ether oxygens (including phenoxy) is 3. The van der Waals surface area contributed by atoms with Gasteiger partial charge in [-0.2, -0.15) is 0 Å². The topological polar surface area (TPSA) is 109 Å². The first-order valence-electron chi connectivity index (χ1n) is 8.96. The zero-order valence-corrected chi connectivity index (χ0v) is 16.1. The molecular weight excluding hydrogens is 372 g/mol. The lowest BCUT2D eigenvalue weighted by molar-refractivity contribution is -0.138. The summed E-state index contributed by atoms with van der Waals surface area (Å²) in [4.78, 5) is 17.9. The van der Waals surface area contributed by atoms with Gasteiger partial charge < -0.3 is 19.2 Å². The average Bonchev–Trinajstić information content (AvgIpc) is 3.23. The molecule has 1 N–H and O–H groups in total. The number of rotatable bonds is 8. The van der Waals surface area contributed by atoms with E-state index in [4.69, 9.17) is 19.7 Å². The van der Waals surface area contributed by atoms with Crippen LogP contribution in [-0.4, -0.2) is 24.7 Å². The van der Waals surface area contributed by atoms with E-state index in [1.165, 1.54) is 13.2 Å². The van der Waals surface area contributed by atoms with Gasteiger partial charge in [0, 0.05) is 16.5 Å². The highest BCUT2D eigenvalue weighted by atomic mass is 16.5. The van der Waals surface area contributed by atoms with E-state index < -0.39 is 5.97 Å². The van der Waals surface area contributed by atoms with Crippen molar-refractivity contribution in [3.63, 3.8) is 0 Å². The van der Waals surface area contributed by atoms with Crippen molar-refractivity contribution in [1.82, 2.24) is 4.98 Å². The number of fused-ring (bicyclic) bond motifs is 1. The predicted octanol–water partition coefficient (Wildman–Crippen LogP) is 4.97. The Morgan fingerprint density at radius 1 is 1.28 bits per heavy atom. The van der Waals surface area contributed by atoms with Gasteiger partial charge in [-0.15, -0.1) is 0 Å². The van der Waals surface area contributed by atoms with E-state index >= 15 is 0 Å². The second-order valence-electron chi connectivity index (χ2n) is 5.98. The molecule has 3 rings (SSSR count). The van der Waals surface area contributed by atoms with Crippen LogP contribution in [0.5, 0.6) is 11.5 Å². The van der Waals surface area contributed by atoms with Gasteiger partial charge in [0.1, 0.15) is 12.3 Å². The number of H-pyrrole nitrogens is 1. The highest BCUT2D eigenvalue weighted by Gasteiger charge is 2.17. The number of hydrogen-bond acceptors (Lipinski definition) is 5. The molecule has 8 nitrogen and oxygen atoms in total. The molecule has 0 radical (unpaired) electrons. The fourth-order valence-electron chi connectivity index (χ4n) is 2.88. The van der Waals surface area contributed by atoms with Crippen LogP contribution in [0.25, 0.3) is 27.4 Å². The Hall–Kier alpha value is -3.90. The lowest BCUT2D eigenvalue weighted by Gasteiger charge is -2.14. The molecule has 0 atom stereocenters. The van der Waals surface area contributed by atoms with Gasteiger partial charge >= 0.3 is 5.97 Å². The van der Waals surface area contributed by atoms with E-state index in [1.807, 2.05) is 36.4 Å². The molecule has 3 aromatic rings. The third-order valence-corrected chi connectivity index (χ3v) is 4.17. The molecule has 0 amide bonds. The van der Waals surface area contributed by atoms with Crippen molar-refractivity contribution in [2.24, 2.45) is 5.11 Å². The van der Waals surface area contributed by atoms with Crippen LogP contribution in [0.4, 0.5) is 0 Å². The van der Waals surface area contributed by atoms with Crippen LogP contribution in [0, 0.1) is 0 Å². The Morgan fingerprint density at radius 3 is 2.76 bits per heavy atom. The number of carbonyl (C=O) groups is 1. The number of aromatic amines is 1. The summed E-state index contributed by atoms with van der Waals surface area (Å²) < 4.78 is 16.5. The van der Waals surface area contributed by atoms with Crippen molar-refractivity contribution in [3.05, 3.63) is 75.9 Å². The normalized spacial score (nSPS) is 11.0. The van der Waals surface area contributed by atoms with Gasteiger partial charge in [0.15, 0.2) is 11.5 Å². The fraction of sp³-hybridized carbons (Fsp3) is 0.190. The van der Waals surface area contributed by atoms with Crippen LogP contribution in [0.2, 0.25) is 0 Å². The molecule has 0 bridgehead atoms. The molecule has 0 saturated carbocycles. The number of aromatic nitrogens is 1. The standard InChI is InChI=1S/C21H20N4O4/c1-3-28-21(26)17(24-25-22)11-15-12-18(27-2)20(19-16(15)9-10-23-19)29-13-14-7-5-4-6-8-14/h4-12,23H,3,13H2,1-2H3/b17-11-. The van der Waals surface area contributed by atoms with Crippen molar-refractivity contribution in [2.45, 2.75) is 13.5 Å². The molecule has 1 aromatic heterocycles. The van der Waals surface area contributed by atoms with Crippen molar-refractivity contribution in [2.75, 3.05) is 13.7 Å². The van der Waals surface area contributed by atoms with Crippen molar-refractivity contribution >= 4 is 22.9 Å². The summed E-state index contributed by atoms with van der Waals surface area (Å²) in [6, 6.07) is 13.3. The Labute approximate surface area is 167 Å². The van der Waals surface area contributed by atoms with Crippen molar-refractivity contribution < 1.29 is 19.0 Å². The molecule has 1 heterocycles. The minimum atomic E-state index is -0.697. The monoisotopic (exact) mass is 392 g/mol. The number of nitrogens with zero attached hydrogens (tertiary/aromatic N) is 3. The van der Waals surface area contributed by atoms with Gasteiger partial charge in [0.05, 0.1) is 19.2 Å². The maximum Gasteiger partial charge on any atom is 0.340 e. The summed E-state index contributed by atoms with van der Waals surface area (Å²) in [5.74, 6) is 0.332. The number of hydrogen-bond donors (Lipinski definition) is 1. The smallest absolute Gasteiger partial charge is 0.340 e. The Kier molecular flexibility index (Phi) is 6.40. The highest BCUT2D eigenvalue weighted by Crippen LogP contribution is 2.38. The van der Waals surface area contributed by atoms with Gasteiger partial charge in [-0.1, -0.05) is 35.4 Å². The molecule has 0 saturated heterocycles. The molecule has 2 aromatic carbocycles. The summed E-state index contributed by atoms with van der Waals surface area (Å²) in [6.45, 7) is 2.22. The Balaban J connectivity index is 2.04. The molecule has 8 heteroatoms. The number of carbonyl (C=O) groups excluding carboxylic acids is 1. The first-order chi connectivity index (χ1) is 14.2. The summed E-state index contributed by atoms with van der Waals surface area (Å²) in [6.07, 6.45) is 3.23. The first-order valence-corrected chi connectivity index (χ1v) is 8.96. The van der Waals surface area contributed by atoms with Crippen LogP contribution in [-0.2, 0) is 16.1 Å². The predicted molar refractivity (Wildman–Crippen MR) is 109 cm³/mol. The van der Waals surface area contributed by atoms with Crippen LogP contribution >= 0.6 is 0 Å². The SMILES string of the molecule is CCOC(=O)/C(=C/c1cc(OC)c(OCc2ccccc2)c2[nH]ccc12)N=[N+]=[N-]. The molecule has 0 spiro atoms. The highest BCUT2D eigenvalue weighted by molar-refractivity contribution is 6.00. The fourth-order valence-corrected chi connectivity index (χ4v) is 2.88. The number of azide groups is 1. The second-order valence-corrected chi connectivity index (χ2v) is 5.98. The molecule has 148 valence electrons. The van der Waals surface area contributed by atoms with E-state index in [-0.39, 0.29) is 12.3 Å². The zero-order valence-electron chi connectivity index (χ0n) is 16.1. The number of methoxy groups -OCH3 is 1. The van der Waals surface area contributed by atoms with Crippen molar-refractivity contribution in [1.29, 1.82) is 0 Å². The van der Waals surface area contributed by atoms with Crippen molar-refractivity contribution in [3.8, 4) is 11.5 Å². The zero-order chi connectivity index (χ0) is 20.6. The first kappa shape index (κ1) is 19.9. The Bertz CT molecular complexity index is 1080. The Morgan fingerprint density at radius 2 is 2.07 bits per heavy atom. The summed E-state index contributed by atoms with van der Waals surface area (Å²) in [7, 11) is 1.53. The van der Waals surface area contributed by atoms with Crippen LogP contribution in [0.15, 0.2) is 59.5 Å². The van der Waals surface area contributed by atoms with Gasteiger partial charge in [0.2, 0.25) is 0 Å². The van der Waals surface area contributed by atoms with E-state index in [2.05, 4.69) is 15.0 Å². The van der Waals surface area contributed by atoms with Gasteiger partial charge in [-0.25, -0.2) is 4.79 Å². The van der Waals surface area contributed by atoms with Gasteiger partial charge in [-0.3, -0.25) is 0 Å². The molecule has 0 aliphatic heterocycles. The minimum Gasteiger partial charge on any atom is -0.493 e. The lowest BCUT2D eigenvalue weighted by atomic mass is 10.1. The van der Waals surface area contributed by atoms with Crippen LogP contribution in [0.1, 0.15) is 18.1 Å². The van der Waals surface area contributed by atoms with Crippen LogP contribution in [0.3, 0.4) is 0 Å². The third kappa shape index (κ3) is 4.51. The molecular formula is C21H20N4O4. The third-order valence-electron chi connectivity index (χ3n) is 4.17. The van der Waals surface area contributed by atoms with E-state index in [0.29, 0.717) is 29.2 Å².